The van der Waals surface area contributed by atoms with E-state index < -0.39 is 15.3 Å². The SMILES string of the molecule is CC(CCl)S(=O)(=O)N1CCC2CCC(C1)N2C. The van der Waals surface area contributed by atoms with Crippen molar-refractivity contribution in [1.29, 1.82) is 0 Å². The zero-order valence-electron chi connectivity index (χ0n) is 10.5. The summed E-state index contributed by atoms with van der Waals surface area (Å²) >= 11 is 5.69. The Morgan fingerprint density at radius 3 is 2.59 bits per heavy atom. The highest BCUT2D eigenvalue weighted by atomic mass is 35.5. The second-order valence-electron chi connectivity index (χ2n) is 5.21. The molecule has 0 radical (unpaired) electrons. The van der Waals surface area contributed by atoms with Crippen LogP contribution >= 0.6 is 11.6 Å². The summed E-state index contributed by atoms with van der Waals surface area (Å²) in [6, 6.07) is 0.950. The number of fused-ring (bicyclic) bond motifs is 2. The monoisotopic (exact) mass is 280 g/mol. The van der Waals surface area contributed by atoms with Gasteiger partial charge in [-0.1, -0.05) is 0 Å². The lowest BCUT2D eigenvalue weighted by atomic mass is 10.1. The predicted molar refractivity (Wildman–Crippen MR) is 69.9 cm³/mol. The Morgan fingerprint density at radius 2 is 1.94 bits per heavy atom. The van der Waals surface area contributed by atoms with Gasteiger partial charge in [0.25, 0.3) is 0 Å². The molecule has 2 bridgehead atoms. The first-order valence-electron chi connectivity index (χ1n) is 6.23. The van der Waals surface area contributed by atoms with Gasteiger partial charge in [-0.25, -0.2) is 12.7 Å². The molecule has 0 aromatic heterocycles. The molecule has 100 valence electrons. The number of hydrogen-bond donors (Lipinski definition) is 0. The standard InChI is InChI=1S/C11H21ClN2O2S/c1-9(7-12)17(15,16)14-6-5-10-3-4-11(8-14)13(10)2/h9-11H,3-8H2,1-2H3. The Balaban J connectivity index is 2.14. The molecule has 4 nitrogen and oxygen atoms in total. The van der Waals surface area contributed by atoms with Gasteiger partial charge in [-0.15, -0.1) is 11.6 Å². The van der Waals surface area contributed by atoms with Crippen molar-refractivity contribution in [2.45, 2.75) is 43.5 Å². The minimum absolute atomic E-state index is 0.169. The molecule has 0 aromatic carbocycles. The van der Waals surface area contributed by atoms with E-state index in [-0.39, 0.29) is 5.88 Å². The maximum absolute atomic E-state index is 12.3. The summed E-state index contributed by atoms with van der Waals surface area (Å²) in [6.07, 6.45) is 3.27. The second-order valence-corrected chi connectivity index (χ2v) is 7.87. The lowest BCUT2D eigenvalue weighted by molar-refractivity contribution is 0.246. The van der Waals surface area contributed by atoms with Gasteiger partial charge in [0.2, 0.25) is 10.0 Å². The van der Waals surface area contributed by atoms with Crippen LogP contribution in [0.2, 0.25) is 0 Å². The van der Waals surface area contributed by atoms with Gasteiger partial charge in [0.1, 0.15) is 0 Å². The van der Waals surface area contributed by atoms with Gasteiger partial charge in [0, 0.05) is 31.1 Å². The van der Waals surface area contributed by atoms with Gasteiger partial charge in [-0.3, -0.25) is 4.90 Å². The van der Waals surface area contributed by atoms with Crippen molar-refractivity contribution in [2.75, 3.05) is 26.0 Å². The highest BCUT2D eigenvalue weighted by Gasteiger charge is 2.39. The lowest BCUT2D eigenvalue weighted by Crippen LogP contribution is -2.43. The lowest BCUT2D eigenvalue weighted by Gasteiger charge is -2.27. The molecule has 0 aliphatic carbocycles. The fourth-order valence-corrected chi connectivity index (χ4v) is 4.73. The summed E-state index contributed by atoms with van der Waals surface area (Å²) in [6.45, 7) is 2.97. The maximum atomic E-state index is 12.3. The van der Waals surface area contributed by atoms with Crippen LogP contribution in [0.15, 0.2) is 0 Å². The van der Waals surface area contributed by atoms with Gasteiger partial charge < -0.3 is 0 Å². The van der Waals surface area contributed by atoms with Crippen LogP contribution in [0, 0.1) is 0 Å². The zero-order valence-corrected chi connectivity index (χ0v) is 12.0. The van der Waals surface area contributed by atoms with Gasteiger partial charge in [0.05, 0.1) is 5.25 Å². The van der Waals surface area contributed by atoms with E-state index in [2.05, 4.69) is 11.9 Å². The Labute approximate surface area is 109 Å². The average molecular weight is 281 g/mol. The largest absolute Gasteiger partial charge is 0.299 e. The summed E-state index contributed by atoms with van der Waals surface area (Å²) < 4.78 is 26.2. The van der Waals surface area contributed by atoms with E-state index in [1.165, 1.54) is 6.42 Å². The van der Waals surface area contributed by atoms with Crippen molar-refractivity contribution in [1.82, 2.24) is 9.21 Å². The van der Waals surface area contributed by atoms with Gasteiger partial charge in [0.15, 0.2) is 0 Å². The molecular formula is C11H21ClN2O2S. The average Bonchev–Trinajstić information content (AvgIpc) is 2.51. The van der Waals surface area contributed by atoms with Gasteiger partial charge in [-0.2, -0.15) is 0 Å². The van der Waals surface area contributed by atoms with Crippen LogP contribution in [0.5, 0.6) is 0 Å². The molecule has 6 heteroatoms. The summed E-state index contributed by atoms with van der Waals surface area (Å²) in [4.78, 5) is 2.35. The molecule has 3 unspecified atom stereocenters. The molecule has 0 saturated carbocycles. The van der Waals surface area contributed by atoms with E-state index in [1.807, 2.05) is 0 Å². The minimum Gasteiger partial charge on any atom is -0.299 e. The van der Waals surface area contributed by atoms with Crippen molar-refractivity contribution < 1.29 is 8.42 Å². The van der Waals surface area contributed by atoms with Gasteiger partial charge >= 0.3 is 0 Å². The third kappa shape index (κ3) is 2.48. The maximum Gasteiger partial charge on any atom is 0.217 e. The number of sulfonamides is 1. The molecule has 2 aliphatic heterocycles. The number of halogens is 1. The summed E-state index contributed by atoms with van der Waals surface area (Å²) in [5.41, 5.74) is 0. The quantitative estimate of drug-likeness (QED) is 0.727. The van der Waals surface area contributed by atoms with Crippen LogP contribution < -0.4 is 0 Å². The summed E-state index contributed by atoms with van der Waals surface area (Å²) in [5, 5.41) is -0.480. The molecular weight excluding hydrogens is 260 g/mol. The molecule has 0 aromatic rings. The third-order valence-electron chi connectivity index (χ3n) is 4.20. The number of hydrogen-bond acceptors (Lipinski definition) is 3. The first-order valence-corrected chi connectivity index (χ1v) is 8.27. The van der Waals surface area contributed by atoms with Crippen LogP contribution in [0.3, 0.4) is 0 Å². The molecule has 17 heavy (non-hydrogen) atoms. The molecule has 2 fully saturated rings. The number of alkyl halides is 1. The molecule has 3 atom stereocenters. The zero-order chi connectivity index (χ0) is 12.6. The van der Waals surface area contributed by atoms with Crippen LogP contribution in [-0.2, 0) is 10.0 Å². The Bertz CT molecular complexity index is 374. The molecule has 2 saturated heterocycles. The normalized spacial score (nSPS) is 33.6. The third-order valence-corrected chi connectivity index (χ3v) is 7.08. The highest BCUT2D eigenvalue weighted by Crippen LogP contribution is 2.30. The second kappa shape index (κ2) is 5.03. The molecule has 2 aliphatic rings. The van der Waals surface area contributed by atoms with E-state index in [0.29, 0.717) is 25.2 Å². The highest BCUT2D eigenvalue weighted by molar-refractivity contribution is 7.89. The first-order chi connectivity index (χ1) is 7.96. The smallest absolute Gasteiger partial charge is 0.217 e. The molecule has 0 N–H and O–H groups in total. The Morgan fingerprint density at radius 1 is 1.29 bits per heavy atom. The predicted octanol–water partition coefficient (Wildman–Crippen LogP) is 1.11. The fourth-order valence-electron chi connectivity index (χ4n) is 2.84. The number of likely N-dealkylation sites (N-methyl/N-ethyl adjacent to an activating group) is 1. The minimum atomic E-state index is -3.21. The van der Waals surface area contributed by atoms with Gasteiger partial charge in [-0.05, 0) is 33.2 Å². The van der Waals surface area contributed by atoms with Crippen molar-refractivity contribution >= 4 is 21.6 Å². The molecule has 2 heterocycles. The summed E-state index contributed by atoms with van der Waals surface area (Å²) in [5.74, 6) is 0.169. The van der Waals surface area contributed by atoms with Crippen LogP contribution in [0.4, 0.5) is 0 Å². The van der Waals surface area contributed by atoms with Crippen molar-refractivity contribution in [3.63, 3.8) is 0 Å². The van der Waals surface area contributed by atoms with E-state index in [0.717, 1.165) is 12.8 Å². The van der Waals surface area contributed by atoms with Crippen molar-refractivity contribution in [3.05, 3.63) is 0 Å². The van der Waals surface area contributed by atoms with Crippen LogP contribution in [-0.4, -0.2) is 61.0 Å². The Kier molecular flexibility index (Phi) is 4.02. The van der Waals surface area contributed by atoms with E-state index in [4.69, 9.17) is 11.6 Å². The Hall–Kier alpha value is 0.160. The van der Waals surface area contributed by atoms with E-state index >= 15 is 0 Å². The van der Waals surface area contributed by atoms with E-state index in [1.54, 1.807) is 11.2 Å². The van der Waals surface area contributed by atoms with Crippen LogP contribution in [0.25, 0.3) is 0 Å². The number of nitrogens with zero attached hydrogens (tertiary/aromatic N) is 2. The number of rotatable bonds is 3. The topological polar surface area (TPSA) is 40.6 Å². The molecule has 2 rings (SSSR count). The summed E-state index contributed by atoms with van der Waals surface area (Å²) in [7, 11) is -1.09. The fraction of sp³-hybridized carbons (Fsp3) is 1.00. The van der Waals surface area contributed by atoms with Crippen molar-refractivity contribution in [2.24, 2.45) is 0 Å². The molecule has 0 spiro atoms. The van der Waals surface area contributed by atoms with E-state index in [9.17, 15) is 8.42 Å². The van der Waals surface area contributed by atoms with Crippen molar-refractivity contribution in [3.8, 4) is 0 Å². The first kappa shape index (κ1) is 13.6. The van der Waals surface area contributed by atoms with Crippen LogP contribution in [0.1, 0.15) is 26.2 Å². The molecule has 0 amide bonds.